The molecule has 1 N–H and O–H groups in total. The summed E-state index contributed by atoms with van der Waals surface area (Å²) in [7, 11) is 0. The molecule has 0 spiro atoms. The second-order valence-electron chi connectivity index (χ2n) is 8.01. The molecule has 1 aliphatic carbocycles. The van der Waals surface area contributed by atoms with Crippen molar-refractivity contribution in [1.82, 2.24) is 30.4 Å². The Kier molecular flexibility index (Phi) is 6.17. The fourth-order valence-corrected chi connectivity index (χ4v) is 4.19. The summed E-state index contributed by atoms with van der Waals surface area (Å²) >= 11 is 0. The number of benzene rings is 1. The molecule has 2 aliphatic rings. The minimum Gasteiger partial charge on any atom is -0.353 e. The van der Waals surface area contributed by atoms with Gasteiger partial charge in [-0.05, 0) is 30.9 Å². The zero-order valence-corrected chi connectivity index (χ0v) is 16.7. The molecule has 1 aromatic heterocycles. The number of hydrogen-bond donors (Lipinski definition) is 1. The Labute approximate surface area is 170 Å². The quantitative estimate of drug-likeness (QED) is 0.835. The molecule has 29 heavy (non-hydrogen) atoms. The molecule has 0 atom stereocenters. The van der Waals surface area contributed by atoms with Crippen LogP contribution in [0.5, 0.6) is 0 Å². The van der Waals surface area contributed by atoms with Gasteiger partial charge in [-0.25, -0.2) is 0 Å². The minimum atomic E-state index is -0.0341. The van der Waals surface area contributed by atoms with Crippen molar-refractivity contribution in [3.8, 4) is 11.4 Å². The molecule has 1 saturated heterocycles. The number of tetrazole rings is 1. The first-order valence-corrected chi connectivity index (χ1v) is 10.6. The van der Waals surface area contributed by atoms with Crippen LogP contribution in [0.3, 0.4) is 0 Å². The van der Waals surface area contributed by atoms with Crippen LogP contribution in [0.4, 0.5) is 0 Å². The highest BCUT2D eigenvalue weighted by atomic mass is 16.2. The van der Waals surface area contributed by atoms with Crippen molar-refractivity contribution >= 4 is 11.8 Å². The van der Waals surface area contributed by atoms with Crippen molar-refractivity contribution in [2.24, 2.45) is 5.92 Å². The average molecular weight is 396 g/mol. The van der Waals surface area contributed by atoms with Crippen LogP contribution in [0.2, 0.25) is 0 Å². The number of nitrogens with one attached hydrogen (secondary N) is 1. The van der Waals surface area contributed by atoms with Crippen LogP contribution in [0.1, 0.15) is 44.9 Å². The number of amides is 2. The third-order valence-corrected chi connectivity index (χ3v) is 5.93. The first-order chi connectivity index (χ1) is 14.2. The molecular weight excluding hydrogens is 368 g/mol. The first-order valence-electron chi connectivity index (χ1n) is 10.6. The van der Waals surface area contributed by atoms with Gasteiger partial charge in [-0.1, -0.05) is 49.6 Å². The molecule has 2 heterocycles. The largest absolute Gasteiger partial charge is 0.353 e. The van der Waals surface area contributed by atoms with Gasteiger partial charge < -0.3 is 10.2 Å². The third kappa shape index (κ3) is 4.99. The molecular formula is C21H28N6O2. The Hall–Kier alpha value is -2.77. The van der Waals surface area contributed by atoms with E-state index in [1.807, 2.05) is 30.3 Å². The van der Waals surface area contributed by atoms with Gasteiger partial charge in [-0.2, -0.15) is 4.80 Å². The van der Waals surface area contributed by atoms with E-state index < -0.39 is 0 Å². The number of likely N-dealkylation sites (tertiary alicyclic amines) is 1. The topological polar surface area (TPSA) is 93.0 Å². The Morgan fingerprint density at radius 2 is 1.72 bits per heavy atom. The summed E-state index contributed by atoms with van der Waals surface area (Å²) in [5, 5.41) is 15.6. The monoisotopic (exact) mass is 396 g/mol. The van der Waals surface area contributed by atoms with E-state index in [4.69, 9.17) is 0 Å². The van der Waals surface area contributed by atoms with Gasteiger partial charge in [0.05, 0.1) is 0 Å². The zero-order valence-electron chi connectivity index (χ0n) is 16.7. The fraction of sp³-hybridized carbons (Fsp3) is 0.571. The van der Waals surface area contributed by atoms with E-state index in [1.165, 1.54) is 24.1 Å². The highest BCUT2D eigenvalue weighted by molar-refractivity contribution is 5.80. The van der Waals surface area contributed by atoms with Crippen LogP contribution in [-0.2, 0) is 16.1 Å². The minimum absolute atomic E-state index is 0.00940. The van der Waals surface area contributed by atoms with Crippen molar-refractivity contribution in [2.45, 2.75) is 57.5 Å². The molecule has 4 rings (SSSR count). The van der Waals surface area contributed by atoms with Crippen LogP contribution < -0.4 is 5.32 Å². The standard InChI is InChI=1S/C21H28N6O2/c28-19(15-27-24-20(23-25-27)16-7-3-1-4-8-16)26-13-11-17(12-14-26)21(29)22-18-9-5-2-6-10-18/h1,3-4,7-8,17-18H,2,5-6,9-15H2,(H,22,29). The molecule has 1 aromatic carbocycles. The number of hydrogen-bond acceptors (Lipinski definition) is 5. The molecule has 0 unspecified atom stereocenters. The maximum atomic E-state index is 12.6. The van der Waals surface area contributed by atoms with Gasteiger partial charge in [0.1, 0.15) is 6.54 Å². The highest BCUT2D eigenvalue weighted by Crippen LogP contribution is 2.21. The third-order valence-electron chi connectivity index (χ3n) is 5.93. The first kappa shape index (κ1) is 19.5. The van der Waals surface area contributed by atoms with Gasteiger partial charge in [0.25, 0.3) is 0 Å². The Morgan fingerprint density at radius 3 is 2.45 bits per heavy atom. The smallest absolute Gasteiger partial charge is 0.246 e. The number of rotatable bonds is 5. The second-order valence-corrected chi connectivity index (χ2v) is 8.01. The molecule has 2 fully saturated rings. The lowest BCUT2D eigenvalue weighted by molar-refractivity contribution is -0.136. The van der Waals surface area contributed by atoms with Crippen LogP contribution in [0.15, 0.2) is 30.3 Å². The van der Waals surface area contributed by atoms with Crippen LogP contribution >= 0.6 is 0 Å². The molecule has 2 aromatic rings. The normalized spacial score (nSPS) is 18.6. The van der Waals surface area contributed by atoms with Crippen LogP contribution in [0, 0.1) is 5.92 Å². The summed E-state index contributed by atoms with van der Waals surface area (Å²) in [6, 6.07) is 9.91. The number of nitrogens with zero attached hydrogens (tertiary/aromatic N) is 5. The summed E-state index contributed by atoms with van der Waals surface area (Å²) in [4.78, 5) is 28.3. The maximum absolute atomic E-state index is 12.6. The molecule has 8 heteroatoms. The van der Waals surface area contributed by atoms with Crippen molar-refractivity contribution in [3.63, 3.8) is 0 Å². The second kappa shape index (κ2) is 9.15. The predicted molar refractivity (Wildman–Crippen MR) is 108 cm³/mol. The zero-order chi connectivity index (χ0) is 20.1. The fourth-order valence-electron chi connectivity index (χ4n) is 4.19. The lowest BCUT2D eigenvalue weighted by Crippen LogP contribution is -2.46. The van der Waals surface area contributed by atoms with E-state index in [1.54, 1.807) is 4.90 Å². The van der Waals surface area contributed by atoms with E-state index in [9.17, 15) is 9.59 Å². The molecule has 0 bridgehead atoms. The Morgan fingerprint density at radius 1 is 1.00 bits per heavy atom. The summed E-state index contributed by atoms with van der Waals surface area (Å²) in [5.74, 6) is 0.647. The summed E-state index contributed by atoms with van der Waals surface area (Å²) in [6.07, 6.45) is 7.31. The van der Waals surface area contributed by atoms with E-state index in [2.05, 4.69) is 20.7 Å². The number of carbonyl (C=O) groups excluding carboxylic acids is 2. The van der Waals surface area contributed by atoms with E-state index in [0.29, 0.717) is 37.8 Å². The van der Waals surface area contributed by atoms with Gasteiger partial charge in [0, 0.05) is 30.6 Å². The summed E-state index contributed by atoms with van der Waals surface area (Å²) in [5.41, 5.74) is 0.871. The molecule has 1 saturated carbocycles. The lowest BCUT2D eigenvalue weighted by Gasteiger charge is -2.32. The lowest BCUT2D eigenvalue weighted by atomic mass is 9.92. The van der Waals surface area contributed by atoms with Gasteiger partial charge in [0.15, 0.2) is 0 Å². The van der Waals surface area contributed by atoms with Crippen molar-refractivity contribution in [1.29, 1.82) is 0 Å². The SMILES string of the molecule is O=C(NC1CCCCC1)C1CCN(C(=O)Cn2nnc(-c3ccccc3)n2)CC1. The number of carbonyl (C=O) groups is 2. The molecule has 8 nitrogen and oxygen atoms in total. The predicted octanol–water partition coefficient (Wildman–Crippen LogP) is 2.03. The molecule has 1 aliphatic heterocycles. The highest BCUT2D eigenvalue weighted by Gasteiger charge is 2.29. The van der Waals surface area contributed by atoms with E-state index in [-0.39, 0.29) is 24.3 Å². The summed E-state index contributed by atoms with van der Waals surface area (Å²) in [6.45, 7) is 1.27. The number of aromatic nitrogens is 4. The van der Waals surface area contributed by atoms with Gasteiger partial charge in [0.2, 0.25) is 17.6 Å². The van der Waals surface area contributed by atoms with Crippen LogP contribution in [0.25, 0.3) is 11.4 Å². The van der Waals surface area contributed by atoms with Crippen molar-refractivity contribution in [2.75, 3.05) is 13.1 Å². The summed E-state index contributed by atoms with van der Waals surface area (Å²) < 4.78 is 0. The van der Waals surface area contributed by atoms with Gasteiger partial charge in [-0.3, -0.25) is 9.59 Å². The van der Waals surface area contributed by atoms with E-state index >= 15 is 0 Å². The Bertz CT molecular complexity index is 823. The van der Waals surface area contributed by atoms with Crippen LogP contribution in [-0.4, -0.2) is 56.1 Å². The van der Waals surface area contributed by atoms with Gasteiger partial charge >= 0.3 is 0 Å². The maximum Gasteiger partial charge on any atom is 0.246 e. The molecule has 154 valence electrons. The molecule has 0 radical (unpaired) electrons. The number of piperidine rings is 1. The molecule has 2 amide bonds. The van der Waals surface area contributed by atoms with E-state index in [0.717, 1.165) is 18.4 Å². The average Bonchev–Trinajstić information content (AvgIpc) is 3.23. The van der Waals surface area contributed by atoms with Gasteiger partial charge in [-0.15, -0.1) is 10.2 Å². The van der Waals surface area contributed by atoms with Crippen molar-refractivity contribution < 1.29 is 9.59 Å². The van der Waals surface area contributed by atoms with Crippen molar-refractivity contribution in [3.05, 3.63) is 30.3 Å². The Balaban J connectivity index is 1.25.